The zero-order valence-corrected chi connectivity index (χ0v) is 12.8. The highest BCUT2D eigenvalue weighted by Crippen LogP contribution is 2.49. The molecule has 2 saturated carbocycles. The standard InChI is InChI=1S/C18H25NO2/c1-21-12-16-5-3-2-4-15(16)11-19-18(20)10-17-9-13-6-7-14(17)8-13/h2-5,13-14,17H,6-12H2,1H3,(H,19,20)/t13-,14+,17+/m0/s1. The Morgan fingerprint density at radius 2 is 2.05 bits per heavy atom. The van der Waals surface area contributed by atoms with Crippen molar-refractivity contribution in [3.8, 4) is 0 Å². The lowest BCUT2D eigenvalue weighted by molar-refractivity contribution is -0.122. The molecule has 3 rings (SSSR count). The topological polar surface area (TPSA) is 38.3 Å². The molecule has 0 aromatic heterocycles. The van der Waals surface area contributed by atoms with Gasteiger partial charge in [-0.05, 0) is 48.1 Å². The normalized spacial score (nSPS) is 27.0. The Bertz CT molecular complexity index is 500. The zero-order chi connectivity index (χ0) is 14.7. The summed E-state index contributed by atoms with van der Waals surface area (Å²) in [4.78, 5) is 12.2. The molecule has 3 nitrogen and oxygen atoms in total. The Hall–Kier alpha value is -1.35. The summed E-state index contributed by atoms with van der Waals surface area (Å²) in [7, 11) is 1.70. The molecule has 0 saturated heterocycles. The van der Waals surface area contributed by atoms with Gasteiger partial charge < -0.3 is 10.1 Å². The van der Waals surface area contributed by atoms with Crippen LogP contribution in [0.2, 0.25) is 0 Å². The minimum atomic E-state index is 0.208. The molecule has 1 aromatic carbocycles. The molecule has 1 aromatic rings. The van der Waals surface area contributed by atoms with Crippen LogP contribution in [0.1, 0.15) is 43.2 Å². The maximum atomic E-state index is 12.2. The Morgan fingerprint density at radius 1 is 1.24 bits per heavy atom. The number of rotatable bonds is 6. The molecule has 114 valence electrons. The molecule has 2 aliphatic rings. The third-order valence-corrected chi connectivity index (χ3v) is 5.23. The van der Waals surface area contributed by atoms with E-state index in [9.17, 15) is 4.79 Å². The lowest BCUT2D eigenvalue weighted by atomic mass is 9.86. The average Bonchev–Trinajstić information content (AvgIpc) is 3.09. The van der Waals surface area contributed by atoms with E-state index in [2.05, 4.69) is 17.4 Å². The van der Waals surface area contributed by atoms with Crippen LogP contribution < -0.4 is 5.32 Å². The molecule has 2 fully saturated rings. The van der Waals surface area contributed by atoms with Crippen LogP contribution in [0.3, 0.4) is 0 Å². The van der Waals surface area contributed by atoms with Crippen LogP contribution >= 0.6 is 0 Å². The van der Waals surface area contributed by atoms with Crippen molar-refractivity contribution in [2.45, 2.75) is 45.3 Å². The highest BCUT2D eigenvalue weighted by Gasteiger charge is 2.39. The van der Waals surface area contributed by atoms with Crippen LogP contribution in [0, 0.1) is 17.8 Å². The number of carbonyl (C=O) groups is 1. The fourth-order valence-electron chi connectivity index (χ4n) is 4.16. The zero-order valence-electron chi connectivity index (χ0n) is 12.8. The molecular weight excluding hydrogens is 262 g/mol. The van der Waals surface area contributed by atoms with E-state index in [0.29, 0.717) is 25.5 Å². The Labute approximate surface area is 127 Å². The van der Waals surface area contributed by atoms with Crippen molar-refractivity contribution in [3.63, 3.8) is 0 Å². The molecule has 2 bridgehead atoms. The predicted octanol–water partition coefficient (Wildman–Crippen LogP) is 3.28. The summed E-state index contributed by atoms with van der Waals surface area (Å²) in [6.45, 7) is 1.21. The van der Waals surface area contributed by atoms with Gasteiger partial charge in [0.25, 0.3) is 0 Å². The summed E-state index contributed by atoms with van der Waals surface area (Å²) in [5.74, 6) is 2.58. The number of nitrogens with one attached hydrogen (secondary N) is 1. The van der Waals surface area contributed by atoms with Gasteiger partial charge in [-0.3, -0.25) is 4.79 Å². The second-order valence-electron chi connectivity index (χ2n) is 6.62. The average molecular weight is 287 g/mol. The Balaban J connectivity index is 1.49. The molecule has 0 unspecified atom stereocenters. The first kappa shape index (κ1) is 14.6. The Morgan fingerprint density at radius 3 is 2.71 bits per heavy atom. The van der Waals surface area contributed by atoms with E-state index in [-0.39, 0.29) is 5.91 Å². The lowest BCUT2D eigenvalue weighted by Crippen LogP contribution is -2.27. The molecular formula is C18H25NO2. The van der Waals surface area contributed by atoms with Gasteiger partial charge in [0.15, 0.2) is 0 Å². The van der Waals surface area contributed by atoms with Crippen molar-refractivity contribution >= 4 is 5.91 Å². The maximum absolute atomic E-state index is 12.2. The van der Waals surface area contributed by atoms with E-state index in [0.717, 1.165) is 23.0 Å². The number of fused-ring (bicyclic) bond motifs is 2. The summed E-state index contributed by atoms with van der Waals surface area (Å²) in [5, 5.41) is 3.09. The fraction of sp³-hybridized carbons (Fsp3) is 0.611. The van der Waals surface area contributed by atoms with Crippen molar-refractivity contribution in [3.05, 3.63) is 35.4 Å². The minimum Gasteiger partial charge on any atom is -0.380 e. The van der Waals surface area contributed by atoms with Crippen molar-refractivity contribution in [2.24, 2.45) is 17.8 Å². The van der Waals surface area contributed by atoms with Crippen LogP contribution in [0.25, 0.3) is 0 Å². The third-order valence-electron chi connectivity index (χ3n) is 5.23. The van der Waals surface area contributed by atoms with Crippen LogP contribution in [0.15, 0.2) is 24.3 Å². The van der Waals surface area contributed by atoms with Gasteiger partial charge in [-0.25, -0.2) is 0 Å². The van der Waals surface area contributed by atoms with E-state index in [1.165, 1.54) is 25.7 Å². The Kier molecular flexibility index (Phi) is 4.59. The number of amides is 1. The molecule has 0 heterocycles. The number of benzene rings is 1. The summed E-state index contributed by atoms with van der Waals surface area (Å²) in [6, 6.07) is 8.14. The van der Waals surface area contributed by atoms with Crippen LogP contribution in [0.5, 0.6) is 0 Å². The van der Waals surface area contributed by atoms with Gasteiger partial charge in [-0.15, -0.1) is 0 Å². The van der Waals surface area contributed by atoms with Gasteiger partial charge in [0.2, 0.25) is 5.91 Å². The van der Waals surface area contributed by atoms with E-state index < -0.39 is 0 Å². The largest absolute Gasteiger partial charge is 0.380 e. The molecule has 21 heavy (non-hydrogen) atoms. The molecule has 1 amide bonds. The van der Waals surface area contributed by atoms with Crippen molar-refractivity contribution in [2.75, 3.05) is 7.11 Å². The van der Waals surface area contributed by atoms with Gasteiger partial charge in [0, 0.05) is 20.1 Å². The van der Waals surface area contributed by atoms with Crippen LogP contribution in [-0.2, 0) is 22.7 Å². The van der Waals surface area contributed by atoms with Gasteiger partial charge in [-0.1, -0.05) is 30.7 Å². The van der Waals surface area contributed by atoms with Gasteiger partial charge >= 0.3 is 0 Å². The van der Waals surface area contributed by atoms with E-state index >= 15 is 0 Å². The van der Waals surface area contributed by atoms with Gasteiger partial charge in [0.05, 0.1) is 6.61 Å². The van der Waals surface area contributed by atoms with Crippen molar-refractivity contribution in [1.82, 2.24) is 5.32 Å². The molecule has 3 atom stereocenters. The van der Waals surface area contributed by atoms with E-state index in [4.69, 9.17) is 4.74 Å². The number of carbonyl (C=O) groups excluding carboxylic acids is 1. The van der Waals surface area contributed by atoms with E-state index in [1.807, 2.05) is 12.1 Å². The second kappa shape index (κ2) is 6.61. The second-order valence-corrected chi connectivity index (χ2v) is 6.62. The highest BCUT2D eigenvalue weighted by molar-refractivity contribution is 5.76. The summed E-state index contributed by atoms with van der Waals surface area (Å²) >= 11 is 0. The lowest BCUT2D eigenvalue weighted by Gasteiger charge is -2.21. The molecule has 1 N–H and O–H groups in total. The molecule has 3 heteroatoms. The first-order chi connectivity index (χ1) is 10.3. The predicted molar refractivity (Wildman–Crippen MR) is 82.6 cm³/mol. The maximum Gasteiger partial charge on any atom is 0.220 e. The van der Waals surface area contributed by atoms with Crippen LogP contribution in [-0.4, -0.2) is 13.0 Å². The van der Waals surface area contributed by atoms with Crippen LogP contribution in [0.4, 0.5) is 0 Å². The highest BCUT2D eigenvalue weighted by atomic mass is 16.5. The number of hydrogen-bond donors (Lipinski definition) is 1. The molecule has 0 aliphatic heterocycles. The van der Waals surface area contributed by atoms with Gasteiger partial charge in [0.1, 0.15) is 0 Å². The summed E-state index contributed by atoms with van der Waals surface area (Å²) in [5.41, 5.74) is 2.31. The van der Waals surface area contributed by atoms with E-state index in [1.54, 1.807) is 7.11 Å². The first-order valence-corrected chi connectivity index (χ1v) is 8.08. The third kappa shape index (κ3) is 3.46. The number of methoxy groups -OCH3 is 1. The minimum absolute atomic E-state index is 0.208. The summed E-state index contributed by atoms with van der Waals surface area (Å²) < 4.78 is 5.20. The quantitative estimate of drug-likeness (QED) is 0.872. The SMILES string of the molecule is COCc1ccccc1CNC(=O)C[C@H]1C[C@H]2CC[C@@H]1C2. The monoisotopic (exact) mass is 287 g/mol. The summed E-state index contributed by atoms with van der Waals surface area (Å²) in [6.07, 6.45) is 6.10. The van der Waals surface area contributed by atoms with Crippen molar-refractivity contribution in [1.29, 1.82) is 0 Å². The van der Waals surface area contributed by atoms with Gasteiger partial charge in [-0.2, -0.15) is 0 Å². The number of ether oxygens (including phenoxy) is 1. The fourth-order valence-corrected chi connectivity index (χ4v) is 4.16. The number of hydrogen-bond acceptors (Lipinski definition) is 2. The van der Waals surface area contributed by atoms with Crippen molar-refractivity contribution < 1.29 is 9.53 Å². The molecule has 2 aliphatic carbocycles. The molecule has 0 spiro atoms. The molecule has 0 radical (unpaired) electrons. The first-order valence-electron chi connectivity index (χ1n) is 8.08. The smallest absolute Gasteiger partial charge is 0.220 e.